The van der Waals surface area contributed by atoms with E-state index in [1.54, 1.807) is 0 Å². The maximum absolute atomic E-state index is 10.9. The lowest BCUT2D eigenvalue weighted by Gasteiger charge is -2.07. The molecule has 0 aliphatic carbocycles. The van der Waals surface area contributed by atoms with E-state index in [0.29, 0.717) is 6.61 Å². The molecule has 0 heterocycles. The first-order chi connectivity index (χ1) is 6.16. The van der Waals surface area contributed by atoms with Gasteiger partial charge in [0.25, 0.3) is 0 Å². The fraction of sp³-hybridized carbons (Fsp3) is 0.889. The van der Waals surface area contributed by atoms with E-state index in [1.165, 1.54) is 0 Å². The summed E-state index contributed by atoms with van der Waals surface area (Å²) in [5.74, 6) is -0.292. The highest BCUT2D eigenvalue weighted by Crippen LogP contribution is 1.90. The Kier molecular flexibility index (Phi) is 7.63. The van der Waals surface area contributed by atoms with Gasteiger partial charge in [-0.25, -0.2) is 4.79 Å². The Bertz CT molecular complexity index is 137. The molecule has 0 fully saturated rings. The predicted octanol–water partition coefficient (Wildman–Crippen LogP) is 0.564. The largest absolute Gasteiger partial charge is 0.461 e. The van der Waals surface area contributed by atoms with E-state index < -0.39 is 0 Å². The van der Waals surface area contributed by atoms with E-state index in [9.17, 15) is 4.79 Å². The number of nitrogens with one attached hydrogen (secondary N) is 1. The van der Waals surface area contributed by atoms with E-state index in [4.69, 9.17) is 9.47 Å². The lowest BCUT2D eigenvalue weighted by atomic mass is 10.4. The third-order valence-corrected chi connectivity index (χ3v) is 1.30. The van der Waals surface area contributed by atoms with Crippen LogP contribution in [0.25, 0.3) is 0 Å². The predicted molar refractivity (Wildman–Crippen MR) is 50.6 cm³/mol. The smallest absolute Gasteiger partial charge is 0.332 e. The molecular formula is C9H19NO3. The first-order valence-electron chi connectivity index (χ1n) is 4.58. The van der Waals surface area contributed by atoms with Gasteiger partial charge in [0.15, 0.2) is 0 Å². The summed E-state index contributed by atoms with van der Waals surface area (Å²) in [6.07, 6.45) is 0.847. The van der Waals surface area contributed by atoms with Crippen LogP contribution in [0.4, 0.5) is 0 Å². The zero-order chi connectivity index (χ0) is 10.1. The number of esters is 1. The quantitative estimate of drug-likeness (QED) is 0.469. The van der Waals surface area contributed by atoms with Crippen molar-refractivity contribution in [1.82, 2.24) is 5.32 Å². The number of ether oxygens (including phenoxy) is 2. The van der Waals surface area contributed by atoms with Crippen LogP contribution in [-0.2, 0) is 14.3 Å². The maximum Gasteiger partial charge on any atom is 0.332 e. The van der Waals surface area contributed by atoms with E-state index >= 15 is 0 Å². The molecule has 0 saturated heterocycles. The molecule has 0 aromatic carbocycles. The second kappa shape index (κ2) is 8.01. The molecule has 0 aromatic rings. The van der Waals surface area contributed by atoms with Crippen LogP contribution in [0.2, 0.25) is 0 Å². The molecule has 13 heavy (non-hydrogen) atoms. The fourth-order valence-electron chi connectivity index (χ4n) is 0.803. The van der Waals surface area contributed by atoms with Crippen molar-refractivity contribution >= 4 is 5.97 Å². The summed E-state index contributed by atoms with van der Waals surface area (Å²) < 4.78 is 9.96. The van der Waals surface area contributed by atoms with E-state index in [2.05, 4.69) is 5.32 Å². The van der Waals surface area contributed by atoms with Crippen LogP contribution in [0.3, 0.4) is 0 Å². The van der Waals surface area contributed by atoms with E-state index in [-0.39, 0.29) is 18.7 Å². The summed E-state index contributed by atoms with van der Waals surface area (Å²) in [7, 11) is 1.88. The van der Waals surface area contributed by atoms with Crippen LogP contribution in [0.5, 0.6) is 0 Å². The van der Waals surface area contributed by atoms with Crippen LogP contribution in [0, 0.1) is 0 Å². The first kappa shape index (κ1) is 12.4. The summed E-state index contributed by atoms with van der Waals surface area (Å²) in [6, 6.07) is 0. The molecule has 0 bridgehead atoms. The second-order valence-corrected chi connectivity index (χ2v) is 3.05. The Morgan fingerprint density at radius 2 is 2.15 bits per heavy atom. The Morgan fingerprint density at radius 1 is 1.46 bits per heavy atom. The van der Waals surface area contributed by atoms with E-state index in [1.807, 2.05) is 20.9 Å². The van der Waals surface area contributed by atoms with Crippen LogP contribution in [0.15, 0.2) is 0 Å². The minimum absolute atomic E-state index is 0.0574. The molecule has 78 valence electrons. The fourth-order valence-corrected chi connectivity index (χ4v) is 0.803. The van der Waals surface area contributed by atoms with Crippen molar-refractivity contribution in [3.05, 3.63) is 0 Å². The van der Waals surface area contributed by atoms with Crippen molar-refractivity contribution < 1.29 is 14.3 Å². The van der Waals surface area contributed by atoms with Gasteiger partial charge < -0.3 is 14.8 Å². The van der Waals surface area contributed by atoms with Gasteiger partial charge in [0.1, 0.15) is 6.61 Å². The third-order valence-electron chi connectivity index (χ3n) is 1.30. The topological polar surface area (TPSA) is 47.6 Å². The Hall–Kier alpha value is -0.610. The molecule has 0 amide bonds. The summed E-state index contributed by atoms with van der Waals surface area (Å²) in [6.45, 7) is 5.19. The van der Waals surface area contributed by atoms with Crippen molar-refractivity contribution in [2.45, 2.75) is 26.4 Å². The summed E-state index contributed by atoms with van der Waals surface area (Å²) in [4.78, 5) is 10.9. The molecule has 0 aromatic heterocycles. The minimum Gasteiger partial charge on any atom is -0.461 e. The van der Waals surface area contributed by atoms with Gasteiger partial charge in [-0.15, -0.1) is 0 Å². The monoisotopic (exact) mass is 189 g/mol. The normalized spacial score (nSPS) is 10.5. The average molecular weight is 189 g/mol. The van der Waals surface area contributed by atoms with Gasteiger partial charge in [0.2, 0.25) is 0 Å². The van der Waals surface area contributed by atoms with Gasteiger partial charge in [-0.3, -0.25) is 0 Å². The first-order valence-corrected chi connectivity index (χ1v) is 4.58. The van der Waals surface area contributed by atoms with Crippen molar-refractivity contribution in [2.75, 3.05) is 26.8 Å². The molecule has 0 rings (SSSR count). The van der Waals surface area contributed by atoms with Gasteiger partial charge in [-0.1, -0.05) is 0 Å². The number of carbonyl (C=O) groups is 1. The molecule has 0 aliphatic rings. The standard InChI is InChI=1S/C9H19NO3/c1-8(2)13-9(11)7-12-6-4-5-10-3/h8,10H,4-7H2,1-3H3. The Balaban J connectivity index is 3.17. The average Bonchev–Trinajstić information content (AvgIpc) is 2.02. The molecule has 4 heteroatoms. The van der Waals surface area contributed by atoms with Crippen LogP contribution >= 0.6 is 0 Å². The van der Waals surface area contributed by atoms with Crippen LogP contribution in [-0.4, -0.2) is 38.9 Å². The summed E-state index contributed by atoms with van der Waals surface area (Å²) >= 11 is 0. The highest BCUT2D eigenvalue weighted by atomic mass is 16.6. The highest BCUT2D eigenvalue weighted by molar-refractivity contribution is 5.70. The molecule has 0 atom stereocenters. The summed E-state index contributed by atoms with van der Waals surface area (Å²) in [5.41, 5.74) is 0. The van der Waals surface area contributed by atoms with Gasteiger partial charge in [0, 0.05) is 6.61 Å². The van der Waals surface area contributed by atoms with Crippen molar-refractivity contribution in [1.29, 1.82) is 0 Å². The number of rotatable bonds is 7. The van der Waals surface area contributed by atoms with Crippen LogP contribution < -0.4 is 5.32 Å². The summed E-state index contributed by atoms with van der Waals surface area (Å²) in [5, 5.41) is 2.99. The van der Waals surface area contributed by atoms with E-state index in [0.717, 1.165) is 13.0 Å². The van der Waals surface area contributed by atoms with Crippen molar-refractivity contribution in [3.63, 3.8) is 0 Å². The van der Waals surface area contributed by atoms with Gasteiger partial charge >= 0.3 is 5.97 Å². The van der Waals surface area contributed by atoms with Crippen molar-refractivity contribution in [2.24, 2.45) is 0 Å². The Morgan fingerprint density at radius 3 is 2.69 bits per heavy atom. The van der Waals surface area contributed by atoms with Gasteiger partial charge in [-0.2, -0.15) is 0 Å². The van der Waals surface area contributed by atoms with Gasteiger partial charge in [0.05, 0.1) is 6.10 Å². The zero-order valence-corrected chi connectivity index (χ0v) is 8.63. The second-order valence-electron chi connectivity index (χ2n) is 3.05. The number of carbonyl (C=O) groups excluding carboxylic acids is 1. The highest BCUT2D eigenvalue weighted by Gasteiger charge is 2.04. The molecule has 0 spiro atoms. The number of hydrogen-bond donors (Lipinski definition) is 1. The van der Waals surface area contributed by atoms with Gasteiger partial charge in [-0.05, 0) is 33.9 Å². The molecular weight excluding hydrogens is 170 g/mol. The zero-order valence-electron chi connectivity index (χ0n) is 8.63. The lowest BCUT2D eigenvalue weighted by Crippen LogP contribution is -2.18. The lowest BCUT2D eigenvalue weighted by molar-refractivity contribution is -0.152. The molecule has 4 nitrogen and oxygen atoms in total. The van der Waals surface area contributed by atoms with Crippen LogP contribution in [0.1, 0.15) is 20.3 Å². The molecule has 0 radical (unpaired) electrons. The molecule has 1 N–H and O–H groups in total. The molecule has 0 aliphatic heterocycles. The van der Waals surface area contributed by atoms with Crippen molar-refractivity contribution in [3.8, 4) is 0 Å². The maximum atomic E-state index is 10.9. The number of hydrogen-bond acceptors (Lipinski definition) is 4. The minimum atomic E-state index is -0.292. The molecule has 0 unspecified atom stereocenters. The Labute approximate surface area is 79.6 Å². The molecule has 0 saturated carbocycles. The third kappa shape index (κ3) is 9.30. The SMILES string of the molecule is CNCCCOCC(=O)OC(C)C.